The summed E-state index contributed by atoms with van der Waals surface area (Å²) in [6, 6.07) is 33.8. The van der Waals surface area contributed by atoms with E-state index in [2.05, 4.69) is 34.6 Å². The maximum Gasteiger partial charge on any atom is 0.234 e. The Balaban J connectivity index is 1.14. The van der Waals surface area contributed by atoms with Gasteiger partial charge in [-0.15, -0.1) is 21.5 Å². The van der Waals surface area contributed by atoms with Crippen LogP contribution in [0.4, 0.5) is 5.69 Å². The minimum Gasteiger partial charge on any atom is -0.325 e. The lowest BCUT2D eigenvalue weighted by molar-refractivity contribution is -0.113. The van der Waals surface area contributed by atoms with E-state index in [-0.39, 0.29) is 11.7 Å². The molecule has 8 heteroatoms. The number of carbonyl (C=O) groups is 1. The number of fused-ring (bicyclic) bond motifs is 1. The van der Waals surface area contributed by atoms with Gasteiger partial charge in [-0.05, 0) is 48.9 Å². The summed E-state index contributed by atoms with van der Waals surface area (Å²) in [5, 5.41) is 13.1. The lowest BCUT2D eigenvalue weighted by atomic mass is 10.0. The number of aromatic nitrogens is 4. The number of thioether (sulfide) groups is 1. The van der Waals surface area contributed by atoms with E-state index < -0.39 is 0 Å². The van der Waals surface area contributed by atoms with Crippen LogP contribution < -0.4 is 5.32 Å². The van der Waals surface area contributed by atoms with Crippen LogP contribution in [0.3, 0.4) is 0 Å². The second-order valence-electron chi connectivity index (χ2n) is 8.93. The first kappa shape index (κ1) is 24.9. The van der Waals surface area contributed by atoms with Gasteiger partial charge < -0.3 is 5.32 Å². The molecule has 39 heavy (non-hydrogen) atoms. The topological polar surface area (TPSA) is 80.7 Å². The van der Waals surface area contributed by atoms with Gasteiger partial charge in [-0.1, -0.05) is 78.5 Å². The van der Waals surface area contributed by atoms with Gasteiger partial charge in [0.2, 0.25) is 11.1 Å². The van der Waals surface area contributed by atoms with Crippen LogP contribution in [-0.2, 0) is 4.79 Å². The van der Waals surface area contributed by atoms with Crippen molar-refractivity contribution >= 4 is 44.9 Å². The van der Waals surface area contributed by atoms with Crippen LogP contribution in [0.2, 0.25) is 0 Å². The van der Waals surface area contributed by atoms with E-state index in [1.807, 2.05) is 91.0 Å². The lowest BCUT2D eigenvalue weighted by Gasteiger charge is -2.09. The van der Waals surface area contributed by atoms with Gasteiger partial charge in [0.25, 0.3) is 0 Å². The number of hydrogen-bond acceptors (Lipinski definition) is 7. The molecule has 190 valence electrons. The highest BCUT2D eigenvalue weighted by Gasteiger charge is 2.15. The third-order valence-electron chi connectivity index (χ3n) is 6.05. The Morgan fingerprint density at radius 2 is 1.46 bits per heavy atom. The van der Waals surface area contributed by atoms with Crippen LogP contribution in [-0.4, -0.2) is 31.8 Å². The van der Waals surface area contributed by atoms with Crippen molar-refractivity contribution in [1.29, 1.82) is 0 Å². The van der Waals surface area contributed by atoms with Crippen molar-refractivity contribution in [2.45, 2.75) is 12.1 Å². The van der Waals surface area contributed by atoms with Gasteiger partial charge in [-0.2, -0.15) is 0 Å². The molecule has 0 aliphatic carbocycles. The average molecular weight is 546 g/mol. The number of anilines is 1. The summed E-state index contributed by atoms with van der Waals surface area (Å²) in [7, 11) is 0. The van der Waals surface area contributed by atoms with Crippen molar-refractivity contribution in [2.75, 3.05) is 11.1 Å². The van der Waals surface area contributed by atoms with E-state index >= 15 is 0 Å². The molecule has 0 fully saturated rings. The number of benzene rings is 4. The number of aryl methyl sites for hydroxylation is 1. The van der Waals surface area contributed by atoms with Crippen LogP contribution in [0, 0.1) is 6.92 Å². The van der Waals surface area contributed by atoms with Crippen LogP contribution >= 0.6 is 23.1 Å². The quantitative estimate of drug-likeness (QED) is 0.209. The summed E-state index contributed by atoms with van der Waals surface area (Å²) in [5.41, 5.74) is 7.30. The predicted octanol–water partition coefficient (Wildman–Crippen LogP) is 7.52. The molecule has 0 atom stereocenters. The largest absolute Gasteiger partial charge is 0.325 e. The number of nitrogens with one attached hydrogen (secondary N) is 1. The number of carbonyl (C=O) groups excluding carboxylic acids is 1. The van der Waals surface area contributed by atoms with Crippen LogP contribution in [0.15, 0.2) is 108 Å². The normalized spacial score (nSPS) is 11.0. The van der Waals surface area contributed by atoms with Crippen LogP contribution in [0.5, 0.6) is 0 Å². The third kappa shape index (κ3) is 5.72. The Morgan fingerprint density at radius 3 is 2.18 bits per heavy atom. The highest BCUT2D eigenvalue weighted by atomic mass is 32.2. The third-order valence-corrected chi connectivity index (χ3v) is 7.96. The minimum absolute atomic E-state index is 0.139. The first-order chi connectivity index (χ1) is 19.1. The molecule has 0 bridgehead atoms. The van der Waals surface area contributed by atoms with E-state index in [1.54, 1.807) is 11.3 Å². The monoisotopic (exact) mass is 545 g/mol. The van der Waals surface area contributed by atoms with Gasteiger partial charge in [0.15, 0.2) is 0 Å². The highest BCUT2D eigenvalue weighted by molar-refractivity contribution is 7.99. The zero-order valence-corrected chi connectivity index (χ0v) is 22.7. The summed E-state index contributed by atoms with van der Waals surface area (Å²) in [6.45, 7) is 2.08. The van der Waals surface area contributed by atoms with Gasteiger partial charge in [0.1, 0.15) is 16.4 Å². The summed E-state index contributed by atoms with van der Waals surface area (Å²) in [4.78, 5) is 22.2. The molecule has 2 aromatic heterocycles. The number of hydrogen-bond donors (Lipinski definition) is 1. The summed E-state index contributed by atoms with van der Waals surface area (Å²) in [6.07, 6.45) is 0. The smallest absolute Gasteiger partial charge is 0.234 e. The zero-order valence-electron chi connectivity index (χ0n) is 21.0. The zero-order chi connectivity index (χ0) is 26.6. The molecule has 1 amide bonds. The standard InChI is InChI=1S/C31H23N5OS2/c1-20-12-17-25-26(18-20)39-30(33-25)23-13-15-24(16-14-23)32-27(37)19-38-31-34-28(21-8-4-2-5-9-21)29(35-36-31)22-10-6-3-7-11-22/h2-18H,19H2,1H3,(H,32,37). The Labute approximate surface area is 234 Å². The fourth-order valence-electron chi connectivity index (χ4n) is 4.14. The molecule has 0 aliphatic heterocycles. The summed E-state index contributed by atoms with van der Waals surface area (Å²) >= 11 is 2.93. The van der Waals surface area contributed by atoms with Crippen molar-refractivity contribution in [2.24, 2.45) is 0 Å². The molecule has 0 unspecified atom stereocenters. The predicted molar refractivity (Wildman–Crippen MR) is 160 cm³/mol. The van der Waals surface area contributed by atoms with Gasteiger partial charge in [0.05, 0.1) is 16.0 Å². The lowest BCUT2D eigenvalue weighted by Crippen LogP contribution is -2.14. The number of amides is 1. The molecule has 1 N–H and O–H groups in total. The van der Waals surface area contributed by atoms with E-state index in [1.165, 1.54) is 22.0 Å². The van der Waals surface area contributed by atoms with Crippen molar-refractivity contribution in [3.8, 4) is 33.1 Å². The number of thiazole rings is 1. The Morgan fingerprint density at radius 1 is 0.769 bits per heavy atom. The summed E-state index contributed by atoms with van der Waals surface area (Å²) < 4.78 is 1.17. The Hall–Kier alpha value is -4.40. The fourth-order valence-corrected chi connectivity index (χ4v) is 5.79. The molecule has 4 aromatic carbocycles. The number of rotatable bonds is 7. The molecular weight excluding hydrogens is 523 g/mol. The first-order valence-corrected chi connectivity index (χ1v) is 14.2. The maximum absolute atomic E-state index is 12.7. The minimum atomic E-state index is -0.139. The van der Waals surface area contributed by atoms with Gasteiger partial charge in [-0.25, -0.2) is 9.97 Å². The van der Waals surface area contributed by atoms with Crippen LogP contribution in [0.25, 0.3) is 43.3 Å². The Kier molecular flexibility index (Phi) is 7.12. The van der Waals surface area contributed by atoms with Crippen molar-refractivity contribution < 1.29 is 4.79 Å². The van der Waals surface area contributed by atoms with Gasteiger partial charge in [0, 0.05) is 22.4 Å². The number of nitrogens with zero attached hydrogens (tertiary/aromatic N) is 4. The molecule has 2 heterocycles. The van der Waals surface area contributed by atoms with E-state index in [0.717, 1.165) is 38.6 Å². The molecular formula is C31H23N5OS2. The molecule has 6 rings (SSSR count). The Bertz CT molecular complexity index is 1750. The molecule has 0 saturated carbocycles. The van der Waals surface area contributed by atoms with Crippen molar-refractivity contribution in [1.82, 2.24) is 20.2 Å². The first-order valence-electron chi connectivity index (χ1n) is 12.4. The molecule has 0 saturated heterocycles. The van der Waals surface area contributed by atoms with Crippen molar-refractivity contribution in [3.63, 3.8) is 0 Å². The van der Waals surface area contributed by atoms with Gasteiger partial charge in [-0.3, -0.25) is 4.79 Å². The van der Waals surface area contributed by atoms with E-state index in [4.69, 9.17) is 9.97 Å². The van der Waals surface area contributed by atoms with Crippen LogP contribution in [0.1, 0.15) is 5.56 Å². The molecule has 0 radical (unpaired) electrons. The fraction of sp³-hybridized carbons (Fsp3) is 0.0645. The van der Waals surface area contributed by atoms with Gasteiger partial charge >= 0.3 is 0 Å². The van der Waals surface area contributed by atoms with E-state index in [9.17, 15) is 4.79 Å². The highest BCUT2D eigenvalue weighted by Crippen LogP contribution is 2.32. The summed E-state index contributed by atoms with van der Waals surface area (Å²) in [5.74, 6) is 0.0275. The molecule has 6 nitrogen and oxygen atoms in total. The van der Waals surface area contributed by atoms with E-state index in [0.29, 0.717) is 10.9 Å². The van der Waals surface area contributed by atoms with Crippen molar-refractivity contribution in [3.05, 3.63) is 109 Å². The molecule has 6 aromatic rings. The molecule has 0 spiro atoms. The molecule has 0 aliphatic rings. The SMILES string of the molecule is Cc1ccc2nc(-c3ccc(NC(=O)CSc4nnc(-c5ccccc5)c(-c5ccccc5)n4)cc3)sc2c1. The maximum atomic E-state index is 12.7. The second-order valence-corrected chi connectivity index (χ2v) is 10.9. The average Bonchev–Trinajstić information content (AvgIpc) is 3.40. The second kappa shape index (κ2) is 11.1.